The Morgan fingerprint density at radius 2 is 1.63 bits per heavy atom. The van der Waals surface area contributed by atoms with Crippen molar-refractivity contribution in [2.24, 2.45) is 0 Å². The van der Waals surface area contributed by atoms with Gasteiger partial charge in [-0.15, -0.1) is 0 Å². The molecule has 138 valence electrons. The summed E-state index contributed by atoms with van der Waals surface area (Å²) in [5, 5.41) is 0.951. The zero-order valence-electron chi connectivity index (χ0n) is 14.6. The van der Waals surface area contributed by atoms with Gasteiger partial charge in [0.05, 0.1) is 0 Å². The molecule has 1 aromatic heterocycles. The number of nitrogens with zero attached hydrogens (tertiary/aromatic N) is 1. The number of aromatic nitrogens is 1. The molecule has 1 heterocycles. The van der Waals surface area contributed by atoms with Crippen LogP contribution < -0.4 is 5.43 Å². The lowest BCUT2D eigenvalue weighted by Gasteiger charge is -2.14. The number of hydrogen-bond donors (Lipinski definition) is 0. The first-order valence-corrected chi connectivity index (χ1v) is 9.08. The largest absolute Gasteiger partial charge is 0.444 e. The second kappa shape index (κ2) is 8.42. The minimum atomic E-state index is -0.553. The Bertz CT molecular complexity index is 1010. The average Bonchev–Trinajstić information content (AvgIpc) is 2.66. The smallest absolute Gasteiger partial charge is 0.418 e. The quantitative estimate of drug-likeness (QED) is 0.600. The number of halogens is 2. The number of ether oxygens (including phenoxy) is 1. The summed E-state index contributed by atoms with van der Waals surface area (Å²) in [5.74, 6) is 0. The molecule has 0 saturated carbocycles. The fraction of sp³-hybridized carbons (Fsp3) is 0.143. The number of rotatable bonds is 4. The Hall–Kier alpha value is -2.56. The van der Waals surface area contributed by atoms with Gasteiger partial charge in [-0.2, -0.15) is 0 Å². The third kappa shape index (κ3) is 4.41. The van der Waals surface area contributed by atoms with Gasteiger partial charge in [0.2, 0.25) is 0 Å². The van der Waals surface area contributed by atoms with Gasteiger partial charge in [0, 0.05) is 40.0 Å². The maximum atomic E-state index is 12.5. The molecule has 0 aliphatic rings. The van der Waals surface area contributed by atoms with Crippen LogP contribution in [0, 0.1) is 6.92 Å². The van der Waals surface area contributed by atoms with Crippen LogP contribution in [-0.4, -0.2) is 10.7 Å². The van der Waals surface area contributed by atoms with Crippen LogP contribution in [0.15, 0.2) is 65.6 Å². The summed E-state index contributed by atoms with van der Waals surface area (Å²) in [6.45, 7) is 1.85. The standard InChI is InChI=1S/C21H17Cl2NO3/c1-14-16(12-17-18(22)8-5-9-19(17)23)20(25)10-11-24(14)21(26)27-13-15-6-3-2-4-7-15/h2-11H,12-13H2,1H3. The molecule has 0 aliphatic heterocycles. The predicted octanol–water partition coefficient (Wildman–Crippen LogP) is 5.24. The van der Waals surface area contributed by atoms with E-state index in [0.717, 1.165) is 5.56 Å². The number of carbonyl (C=O) groups is 1. The molecule has 0 saturated heterocycles. The Labute approximate surface area is 166 Å². The Kier molecular flexibility index (Phi) is 5.99. The molecule has 0 amide bonds. The van der Waals surface area contributed by atoms with E-state index in [9.17, 15) is 9.59 Å². The van der Waals surface area contributed by atoms with Gasteiger partial charge in [-0.1, -0.05) is 59.6 Å². The normalized spacial score (nSPS) is 10.6. The van der Waals surface area contributed by atoms with Crippen molar-refractivity contribution in [3.05, 3.63) is 103 Å². The second-order valence-corrected chi connectivity index (χ2v) is 6.85. The number of carbonyl (C=O) groups excluding carboxylic acids is 1. The van der Waals surface area contributed by atoms with Crippen LogP contribution in [0.3, 0.4) is 0 Å². The van der Waals surface area contributed by atoms with Gasteiger partial charge in [-0.05, 0) is 30.2 Å². The molecule has 4 nitrogen and oxygen atoms in total. The number of hydrogen-bond acceptors (Lipinski definition) is 3. The third-order valence-corrected chi connectivity index (χ3v) is 5.00. The SMILES string of the molecule is Cc1c(Cc2c(Cl)cccc2Cl)c(=O)ccn1C(=O)OCc1ccccc1. The molecule has 0 fully saturated rings. The van der Waals surface area contributed by atoms with E-state index < -0.39 is 6.09 Å². The molecule has 3 aromatic rings. The zero-order chi connectivity index (χ0) is 19.4. The van der Waals surface area contributed by atoms with E-state index in [4.69, 9.17) is 27.9 Å². The van der Waals surface area contributed by atoms with Crippen LogP contribution in [-0.2, 0) is 17.8 Å². The minimum Gasteiger partial charge on any atom is -0.444 e. The molecule has 0 spiro atoms. The zero-order valence-corrected chi connectivity index (χ0v) is 16.1. The van der Waals surface area contributed by atoms with E-state index in [1.54, 1.807) is 25.1 Å². The number of pyridine rings is 1. The third-order valence-electron chi connectivity index (χ3n) is 4.29. The molecular formula is C21H17Cl2NO3. The highest BCUT2D eigenvalue weighted by atomic mass is 35.5. The van der Waals surface area contributed by atoms with Crippen molar-refractivity contribution in [3.63, 3.8) is 0 Å². The lowest BCUT2D eigenvalue weighted by Crippen LogP contribution is -2.22. The molecule has 0 aliphatic carbocycles. The summed E-state index contributed by atoms with van der Waals surface area (Å²) in [5.41, 5.74) is 2.29. The van der Waals surface area contributed by atoms with Crippen LogP contribution in [0.1, 0.15) is 22.4 Å². The van der Waals surface area contributed by atoms with Gasteiger partial charge in [-0.3, -0.25) is 9.36 Å². The van der Waals surface area contributed by atoms with Crippen molar-refractivity contribution < 1.29 is 9.53 Å². The topological polar surface area (TPSA) is 48.3 Å². The van der Waals surface area contributed by atoms with Gasteiger partial charge < -0.3 is 4.74 Å². The maximum absolute atomic E-state index is 12.5. The van der Waals surface area contributed by atoms with Crippen molar-refractivity contribution in [3.8, 4) is 0 Å². The van der Waals surface area contributed by atoms with Gasteiger partial charge in [-0.25, -0.2) is 4.79 Å². The first-order valence-electron chi connectivity index (χ1n) is 8.32. The van der Waals surface area contributed by atoms with Crippen molar-refractivity contribution in [1.29, 1.82) is 0 Å². The van der Waals surface area contributed by atoms with E-state index in [0.29, 0.717) is 26.9 Å². The first-order chi connectivity index (χ1) is 13.0. The molecule has 27 heavy (non-hydrogen) atoms. The average molecular weight is 402 g/mol. The van der Waals surface area contributed by atoms with Crippen LogP contribution in [0.4, 0.5) is 4.79 Å². The van der Waals surface area contributed by atoms with Crippen LogP contribution in [0.25, 0.3) is 0 Å². The van der Waals surface area contributed by atoms with E-state index >= 15 is 0 Å². The van der Waals surface area contributed by atoms with Crippen molar-refractivity contribution in [2.75, 3.05) is 0 Å². The lowest BCUT2D eigenvalue weighted by molar-refractivity contribution is 0.140. The van der Waals surface area contributed by atoms with E-state index in [1.165, 1.54) is 16.8 Å². The molecule has 0 bridgehead atoms. The van der Waals surface area contributed by atoms with Crippen LogP contribution in [0.2, 0.25) is 10.0 Å². The summed E-state index contributed by atoms with van der Waals surface area (Å²) < 4.78 is 6.68. The highest BCUT2D eigenvalue weighted by Gasteiger charge is 2.16. The van der Waals surface area contributed by atoms with Gasteiger partial charge >= 0.3 is 6.09 Å². The monoisotopic (exact) mass is 401 g/mol. The Morgan fingerprint density at radius 3 is 2.30 bits per heavy atom. The molecule has 0 N–H and O–H groups in total. The Balaban J connectivity index is 1.87. The van der Waals surface area contributed by atoms with Crippen LogP contribution in [0.5, 0.6) is 0 Å². The Morgan fingerprint density at radius 1 is 0.963 bits per heavy atom. The molecular weight excluding hydrogens is 385 g/mol. The molecule has 0 unspecified atom stereocenters. The fourth-order valence-corrected chi connectivity index (χ4v) is 3.29. The van der Waals surface area contributed by atoms with Gasteiger partial charge in [0.1, 0.15) is 6.61 Å². The molecule has 2 aromatic carbocycles. The van der Waals surface area contributed by atoms with Crippen molar-refractivity contribution in [1.82, 2.24) is 4.57 Å². The highest BCUT2D eigenvalue weighted by Crippen LogP contribution is 2.26. The first kappa shape index (κ1) is 19.2. The summed E-state index contributed by atoms with van der Waals surface area (Å²) in [6, 6.07) is 15.9. The molecule has 0 atom stereocenters. The van der Waals surface area contributed by atoms with E-state index in [-0.39, 0.29) is 18.5 Å². The minimum absolute atomic E-state index is 0.150. The second-order valence-electron chi connectivity index (χ2n) is 6.03. The van der Waals surface area contributed by atoms with Gasteiger partial charge in [0.15, 0.2) is 5.43 Å². The van der Waals surface area contributed by atoms with Gasteiger partial charge in [0.25, 0.3) is 0 Å². The fourth-order valence-electron chi connectivity index (χ4n) is 2.76. The lowest BCUT2D eigenvalue weighted by atomic mass is 10.0. The van der Waals surface area contributed by atoms with Crippen molar-refractivity contribution in [2.45, 2.75) is 20.0 Å². The molecule has 0 radical (unpaired) electrons. The summed E-state index contributed by atoms with van der Waals surface area (Å²) in [4.78, 5) is 24.8. The summed E-state index contributed by atoms with van der Waals surface area (Å²) in [7, 11) is 0. The molecule has 6 heteroatoms. The summed E-state index contributed by atoms with van der Waals surface area (Å²) in [6.07, 6.45) is 1.10. The maximum Gasteiger partial charge on any atom is 0.418 e. The van der Waals surface area contributed by atoms with Crippen molar-refractivity contribution >= 4 is 29.3 Å². The number of benzene rings is 2. The van der Waals surface area contributed by atoms with Crippen LogP contribution >= 0.6 is 23.2 Å². The van der Waals surface area contributed by atoms with E-state index in [2.05, 4.69) is 0 Å². The van der Waals surface area contributed by atoms with E-state index in [1.807, 2.05) is 30.3 Å². The molecule has 3 rings (SSSR count). The highest BCUT2D eigenvalue weighted by molar-refractivity contribution is 6.36. The summed E-state index contributed by atoms with van der Waals surface area (Å²) >= 11 is 12.4. The predicted molar refractivity (Wildman–Crippen MR) is 107 cm³/mol.